The topological polar surface area (TPSA) is 0 Å². The fourth-order valence-electron chi connectivity index (χ4n) is 2.39. The van der Waals surface area contributed by atoms with E-state index in [1.54, 1.807) is 0 Å². The fourth-order valence-corrected chi connectivity index (χ4v) is 4.27. The van der Waals surface area contributed by atoms with Crippen molar-refractivity contribution in [3.63, 3.8) is 0 Å². The van der Waals surface area contributed by atoms with Gasteiger partial charge >= 0.3 is 0 Å². The van der Waals surface area contributed by atoms with Crippen LogP contribution in [-0.2, 0) is 23.7 Å². The molecule has 20 heavy (non-hydrogen) atoms. The minimum atomic E-state index is 1.11. The van der Waals surface area contributed by atoms with E-state index in [2.05, 4.69) is 60.3 Å². The van der Waals surface area contributed by atoms with Gasteiger partial charge in [-0.05, 0) is 40.8 Å². The molecule has 0 aromatic heterocycles. The van der Waals surface area contributed by atoms with Crippen molar-refractivity contribution in [2.75, 3.05) is 5.75 Å². The maximum absolute atomic E-state index is 2.31. The van der Waals surface area contributed by atoms with Gasteiger partial charge in [0.05, 0.1) is 0 Å². The van der Waals surface area contributed by atoms with Crippen LogP contribution in [-0.4, -0.2) is 5.75 Å². The zero-order valence-electron chi connectivity index (χ0n) is 11.7. The van der Waals surface area contributed by atoms with Crippen LogP contribution in [0.1, 0.15) is 28.7 Å². The lowest BCUT2D eigenvalue weighted by Crippen LogP contribution is -1.92. The van der Waals surface area contributed by atoms with Gasteiger partial charge in [-0.3, -0.25) is 0 Å². The first-order chi connectivity index (χ1) is 9.90. The van der Waals surface area contributed by atoms with Crippen LogP contribution in [0.4, 0.5) is 0 Å². The molecule has 0 radical (unpaired) electrons. The summed E-state index contributed by atoms with van der Waals surface area (Å²) in [6.07, 6.45) is 2.48. The van der Waals surface area contributed by atoms with Crippen molar-refractivity contribution in [1.29, 1.82) is 0 Å². The monoisotopic (exact) mass is 300 g/mol. The Hall–Kier alpha value is -0.860. The molecule has 4 aliphatic rings. The maximum atomic E-state index is 2.31. The molecule has 2 heteroatoms. The largest absolute Gasteiger partial charge is 0.157 e. The van der Waals surface area contributed by atoms with Gasteiger partial charge in [-0.1, -0.05) is 48.5 Å². The van der Waals surface area contributed by atoms with E-state index in [-0.39, 0.29) is 0 Å². The molecule has 2 aromatic carbocycles. The molecule has 0 atom stereocenters. The van der Waals surface area contributed by atoms with Crippen molar-refractivity contribution in [2.45, 2.75) is 30.1 Å². The van der Waals surface area contributed by atoms with E-state index in [0.717, 1.165) is 17.3 Å². The molecule has 104 valence electrons. The Morgan fingerprint density at radius 3 is 1.55 bits per heavy atom. The minimum Gasteiger partial charge on any atom is -0.157 e. The second-order valence-electron chi connectivity index (χ2n) is 5.28. The summed E-state index contributed by atoms with van der Waals surface area (Å²) < 4.78 is 0. The number of rotatable bonds is 0. The van der Waals surface area contributed by atoms with Crippen LogP contribution in [0.2, 0.25) is 0 Å². The maximum Gasteiger partial charge on any atom is 0.0187 e. The molecule has 0 nitrogen and oxygen atoms in total. The first kappa shape index (κ1) is 14.1. The first-order valence-corrected chi connectivity index (χ1v) is 9.52. The van der Waals surface area contributed by atoms with Gasteiger partial charge in [0.15, 0.2) is 0 Å². The highest BCUT2D eigenvalue weighted by Gasteiger charge is 2.01. The summed E-state index contributed by atoms with van der Waals surface area (Å²) in [7, 11) is 0. The van der Waals surface area contributed by atoms with Gasteiger partial charge in [-0.15, -0.1) is 0 Å². The summed E-state index contributed by atoms with van der Waals surface area (Å²) in [4.78, 5) is 0. The van der Waals surface area contributed by atoms with Crippen molar-refractivity contribution in [3.8, 4) is 0 Å². The van der Waals surface area contributed by atoms with Crippen LogP contribution in [0.15, 0.2) is 48.5 Å². The van der Waals surface area contributed by atoms with Crippen molar-refractivity contribution in [1.82, 2.24) is 0 Å². The Bertz CT molecular complexity index is 479. The number of benzene rings is 2. The summed E-state index contributed by atoms with van der Waals surface area (Å²) in [5, 5.41) is 0. The quantitative estimate of drug-likeness (QED) is 0.647. The predicted molar refractivity (Wildman–Crippen MR) is 92.4 cm³/mol. The van der Waals surface area contributed by atoms with E-state index in [4.69, 9.17) is 0 Å². The van der Waals surface area contributed by atoms with Crippen LogP contribution >= 0.6 is 23.5 Å². The van der Waals surface area contributed by atoms with Gasteiger partial charge in [-0.25, -0.2) is 0 Å². The second kappa shape index (κ2) is 7.24. The molecule has 6 rings (SSSR count). The van der Waals surface area contributed by atoms with Crippen LogP contribution in [0.25, 0.3) is 0 Å². The van der Waals surface area contributed by atoms with Gasteiger partial charge in [-0.2, -0.15) is 23.5 Å². The van der Waals surface area contributed by atoms with Crippen LogP contribution < -0.4 is 0 Å². The molecule has 0 N–H and O–H groups in total. The van der Waals surface area contributed by atoms with Gasteiger partial charge in [0, 0.05) is 17.3 Å². The summed E-state index contributed by atoms with van der Waals surface area (Å²) in [5.74, 6) is 4.61. The highest BCUT2D eigenvalue weighted by Crippen LogP contribution is 2.21. The van der Waals surface area contributed by atoms with Gasteiger partial charge < -0.3 is 0 Å². The zero-order chi connectivity index (χ0) is 13.6. The Morgan fingerprint density at radius 1 is 0.550 bits per heavy atom. The zero-order valence-corrected chi connectivity index (χ0v) is 13.3. The minimum absolute atomic E-state index is 1.11. The molecule has 2 aromatic rings. The molecule has 0 aliphatic carbocycles. The van der Waals surface area contributed by atoms with Crippen molar-refractivity contribution in [2.24, 2.45) is 0 Å². The van der Waals surface area contributed by atoms with Crippen molar-refractivity contribution < 1.29 is 0 Å². The Kier molecular flexibility index (Phi) is 5.10. The van der Waals surface area contributed by atoms with Crippen LogP contribution in [0.3, 0.4) is 0 Å². The van der Waals surface area contributed by atoms with E-state index < -0.39 is 0 Å². The average molecular weight is 300 g/mol. The van der Waals surface area contributed by atoms with Crippen LogP contribution in [0, 0.1) is 0 Å². The van der Waals surface area contributed by atoms with Gasteiger partial charge in [0.25, 0.3) is 0 Å². The third-order valence-corrected chi connectivity index (χ3v) is 5.80. The lowest BCUT2D eigenvalue weighted by molar-refractivity contribution is 0.932. The van der Waals surface area contributed by atoms with Crippen molar-refractivity contribution in [3.05, 3.63) is 70.8 Å². The molecule has 0 saturated carbocycles. The molecule has 4 heterocycles. The van der Waals surface area contributed by atoms with Crippen molar-refractivity contribution >= 4 is 23.5 Å². The third kappa shape index (κ3) is 4.07. The summed E-state index contributed by atoms with van der Waals surface area (Å²) in [6.45, 7) is 0. The van der Waals surface area contributed by atoms with E-state index >= 15 is 0 Å². The Balaban J connectivity index is 1.72. The van der Waals surface area contributed by atoms with E-state index in [1.165, 1.54) is 40.8 Å². The summed E-state index contributed by atoms with van der Waals surface area (Å²) >= 11 is 4.05. The first-order valence-electron chi connectivity index (χ1n) is 7.21. The lowest BCUT2D eigenvalue weighted by atomic mass is 10.1. The fraction of sp³-hybridized carbons (Fsp3) is 0.333. The lowest BCUT2D eigenvalue weighted by Gasteiger charge is -2.08. The molecular weight excluding hydrogens is 280 g/mol. The van der Waals surface area contributed by atoms with E-state index in [9.17, 15) is 0 Å². The number of hydrogen-bond acceptors (Lipinski definition) is 2. The van der Waals surface area contributed by atoms with Gasteiger partial charge in [0.2, 0.25) is 0 Å². The highest BCUT2D eigenvalue weighted by molar-refractivity contribution is 7.98. The smallest absolute Gasteiger partial charge is 0.0187 e. The van der Waals surface area contributed by atoms with Gasteiger partial charge in [0.1, 0.15) is 0 Å². The number of hydrogen-bond donors (Lipinski definition) is 0. The molecule has 0 fully saturated rings. The molecule has 4 bridgehead atoms. The third-order valence-electron chi connectivity index (χ3n) is 3.61. The van der Waals surface area contributed by atoms with Crippen LogP contribution in [0.5, 0.6) is 0 Å². The standard InChI is InChI=1S/C18H20S2/c1-2-15-3-5-17(6-4-15)13-20-14-18-9-7-16(8-10-18)12-19-11-1/h3-10H,1-2,11-14H2. The average Bonchev–Trinajstić information content (AvgIpc) is 2.48. The molecule has 0 unspecified atom stereocenters. The van der Waals surface area contributed by atoms with E-state index in [0.29, 0.717) is 0 Å². The Labute approximate surface area is 130 Å². The molecule has 0 spiro atoms. The SMILES string of the molecule is c1cc2ccc1CCCSCc1ccc(cc1)CSC2. The summed E-state index contributed by atoms with van der Waals surface area (Å²) in [5.41, 5.74) is 5.82. The molecule has 4 aliphatic heterocycles. The highest BCUT2D eigenvalue weighted by atomic mass is 32.2. The predicted octanol–water partition coefficient (Wildman–Crippen LogP) is 5.30. The normalized spacial score (nSPS) is 16.4. The molecule has 0 saturated heterocycles. The summed E-state index contributed by atoms with van der Waals surface area (Å²) in [6, 6.07) is 18.4. The number of thioether (sulfide) groups is 2. The number of aryl methyl sites for hydroxylation is 1. The molecular formula is C18H20S2. The molecule has 0 amide bonds. The van der Waals surface area contributed by atoms with E-state index in [1.807, 2.05) is 11.8 Å². The Morgan fingerprint density at radius 2 is 1.00 bits per heavy atom. The second-order valence-corrected chi connectivity index (χ2v) is 7.37.